The molecule has 0 heterocycles. The predicted octanol–water partition coefficient (Wildman–Crippen LogP) is -1.93. The van der Waals surface area contributed by atoms with Crippen molar-refractivity contribution in [1.29, 1.82) is 0 Å². The van der Waals surface area contributed by atoms with Crippen LogP contribution < -0.4 is 11.5 Å². The summed E-state index contributed by atoms with van der Waals surface area (Å²) in [5.41, 5.74) is 11.0. The van der Waals surface area contributed by atoms with Gasteiger partial charge >= 0.3 is 11.9 Å². The Kier molecular flexibility index (Phi) is 7.39. The van der Waals surface area contributed by atoms with Gasteiger partial charge in [-0.1, -0.05) is 11.2 Å². The maximum atomic E-state index is 11.0. The molecular weight excluding hydrogens is 252 g/mol. The van der Waals surface area contributed by atoms with Crippen LogP contribution in [-0.2, 0) is 39.7 Å². The van der Waals surface area contributed by atoms with E-state index >= 15 is 0 Å². The molecule has 0 rings (SSSR count). The lowest BCUT2D eigenvalue weighted by Crippen LogP contribution is -2.41. The van der Waals surface area contributed by atoms with Crippen LogP contribution in [0.15, 0.2) is 0 Å². The fourth-order valence-corrected chi connectivity index (χ4v) is 3.00. The summed E-state index contributed by atoms with van der Waals surface area (Å²) in [4.78, 5) is 22.0. The average Bonchev–Trinajstić information content (AvgIpc) is 2.26. The smallest absolute Gasteiger partial charge is 0.323 e. The van der Waals surface area contributed by atoms with Crippen LogP contribution in [-0.4, -0.2) is 49.7 Å². The molecule has 4 N–H and O–H groups in total. The summed E-state index contributed by atoms with van der Waals surface area (Å²) < 4.78 is 8.92. The maximum absolute atomic E-state index is 11.0. The second-order valence-corrected chi connectivity index (χ2v) is 5.99. The lowest BCUT2D eigenvalue weighted by Gasteiger charge is -2.13. The van der Waals surface area contributed by atoms with Gasteiger partial charge in [-0.25, -0.2) is 0 Å². The van der Waals surface area contributed by atoms with E-state index in [2.05, 4.69) is 9.47 Å². The predicted molar refractivity (Wildman–Crippen MR) is 64.4 cm³/mol. The molecular formula is C8H16N2O4S2. The number of ether oxygens (including phenoxy) is 2. The van der Waals surface area contributed by atoms with Crippen molar-refractivity contribution < 1.29 is 19.1 Å². The lowest BCUT2D eigenvalue weighted by molar-refractivity contribution is -0.142. The number of carbonyl (C=O) groups is 2. The van der Waals surface area contributed by atoms with Gasteiger partial charge in [-0.05, 0) is 0 Å². The molecule has 8 heteroatoms. The van der Waals surface area contributed by atoms with Gasteiger partial charge < -0.3 is 20.9 Å². The third kappa shape index (κ3) is 5.50. The first-order valence-electron chi connectivity index (χ1n) is 4.44. The lowest BCUT2D eigenvalue weighted by atomic mass is 10.4. The topological polar surface area (TPSA) is 105 Å². The normalized spacial score (nSPS) is 16.0. The minimum absolute atomic E-state index is 0.271. The summed E-state index contributed by atoms with van der Waals surface area (Å²) >= 11 is 5.08. The molecule has 2 unspecified atom stereocenters. The fourth-order valence-electron chi connectivity index (χ4n) is 0.907. The Labute approximate surface area is 101 Å². The van der Waals surface area contributed by atoms with E-state index in [1.807, 2.05) is 0 Å². The van der Waals surface area contributed by atoms with Gasteiger partial charge in [-0.2, -0.15) is 0 Å². The molecule has 3 atom stereocenters. The summed E-state index contributed by atoms with van der Waals surface area (Å²) in [6.07, 6.45) is 0. The van der Waals surface area contributed by atoms with E-state index < -0.39 is 33.5 Å². The number of esters is 2. The van der Waals surface area contributed by atoms with Crippen LogP contribution in [0.2, 0.25) is 0 Å². The molecule has 0 aliphatic rings. The highest BCUT2D eigenvalue weighted by Gasteiger charge is 2.19. The summed E-state index contributed by atoms with van der Waals surface area (Å²) in [6.45, 7) is 0. The molecule has 6 nitrogen and oxygen atoms in total. The molecule has 0 bridgehead atoms. The van der Waals surface area contributed by atoms with Crippen LogP contribution in [0.1, 0.15) is 0 Å². The standard InChI is InChI=1S/C8H16N2O4S2/c1-13-7(11)5(9)3-16(15)4-6(10)8(12)14-2/h5-6H,3-4,9-10H2,1-2H3/t5-,6?,16?/m0/s1. The van der Waals surface area contributed by atoms with Gasteiger partial charge in [0.25, 0.3) is 0 Å². The van der Waals surface area contributed by atoms with E-state index in [1.54, 1.807) is 0 Å². The Balaban J connectivity index is 4.08. The first kappa shape index (κ1) is 15.4. The molecule has 0 aliphatic heterocycles. The van der Waals surface area contributed by atoms with Crippen molar-refractivity contribution in [2.75, 3.05) is 25.7 Å². The van der Waals surface area contributed by atoms with Crippen LogP contribution in [0.4, 0.5) is 0 Å². The number of hydrogen-bond acceptors (Lipinski definition) is 7. The first-order valence-corrected chi connectivity index (χ1v) is 6.93. The Morgan fingerprint density at radius 2 is 1.44 bits per heavy atom. The summed E-state index contributed by atoms with van der Waals surface area (Å²) in [7, 11) is 1.86. The highest BCUT2D eigenvalue weighted by atomic mass is 32.8. The zero-order valence-electron chi connectivity index (χ0n) is 9.17. The summed E-state index contributed by atoms with van der Waals surface area (Å²) in [5.74, 6) is -0.498. The van der Waals surface area contributed by atoms with Crippen LogP contribution in [0.3, 0.4) is 0 Å². The van der Waals surface area contributed by atoms with E-state index in [0.29, 0.717) is 0 Å². The van der Waals surface area contributed by atoms with E-state index in [9.17, 15) is 9.59 Å². The van der Waals surface area contributed by atoms with Gasteiger partial charge in [0.05, 0.1) is 14.2 Å². The Morgan fingerprint density at radius 1 is 1.12 bits per heavy atom. The highest BCUT2D eigenvalue weighted by molar-refractivity contribution is 8.28. The molecule has 0 aliphatic carbocycles. The first-order chi connectivity index (χ1) is 7.42. The molecule has 16 heavy (non-hydrogen) atoms. The van der Waals surface area contributed by atoms with E-state index in [0.717, 1.165) is 0 Å². The van der Waals surface area contributed by atoms with Gasteiger partial charge in [-0.15, -0.1) is 9.45 Å². The van der Waals surface area contributed by atoms with E-state index in [1.165, 1.54) is 14.2 Å². The Bertz CT molecular complexity index is 259. The monoisotopic (exact) mass is 268 g/mol. The summed E-state index contributed by atoms with van der Waals surface area (Å²) in [5, 5.41) is 0. The average molecular weight is 268 g/mol. The third-order valence-corrected chi connectivity index (χ3v) is 4.02. The van der Waals surface area contributed by atoms with Crippen molar-refractivity contribution in [3.05, 3.63) is 0 Å². The maximum Gasteiger partial charge on any atom is 0.323 e. The van der Waals surface area contributed by atoms with Crippen LogP contribution in [0.5, 0.6) is 0 Å². The number of nitrogens with two attached hydrogens (primary N) is 2. The van der Waals surface area contributed by atoms with Crippen molar-refractivity contribution in [3.63, 3.8) is 0 Å². The molecule has 0 saturated heterocycles. The molecule has 0 aromatic heterocycles. The largest absolute Gasteiger partial charge is 0.468 e. The number of methoxy groups -OCH3 is 2. The van der Waals surface area contributed by atoms with Crippen molar-refractivity contribution in [2.24, 2.45) is 11.5 Å². The van der Waals surface area contributed by atoms with Gasteiger partial charge in [0.2, 0.25) is 0 Å². The fraction of sp³-hybridized carbons (Fsp3) is 0.750. The van der Waals surface area contributed by atoms with Crippen molar-refractivity contribution in [1.82, 2.24) is 0 Å². The minimum atomic E-state index is -0.768. The molecule has 0 radical (unpaired) electrons. The van der Waals surface area contributed by atoms with E-state index in [-0.39, 0.29) is 11.5 Å². The number of carbonyl (C=O) groups excluding carboxylic acids is 2. The highest BCUT2D eigenvalue weighted by Crippen LogP contribution is 1.95. The van der Waals surface area contributed by atoms with Gasteiger partial charge in [0, 0.05) is 11.5 Å². The van der Waals surface area contributed by atoms with Crippen molar-refractivity contribution in [3.8, 4) is 0 Å². The molecule has 0 spiro atoms. The molecule has 0 aromatic rings. The van der Waals surface area contributed by atoms with Crippen molar-refractivity contribution in [2.45, 2.75) is 12.1 Å². The van der Waals surface area contributed by atoms with Crippen LogP contribution in [0.25, 0.3) is 0 Å². The SMILES string of the molecule is COC(=O)C(N)CS(=S)C[C@H](N)C(=O)OC. The minimum Gasteiger partial charge on any atom is -0.468 e. The Morgan fingerprint density at radius 3 is 1.69 bits per heavy atom. The van der Waals surface area contributed by atoms with Gasteiger partial charge in [0.15, 0.2) is 0 Å². The second-order valence-electron chi connectivity index (χ2n) is 3.03. The van der Waals surface area contributed by atoms with Crippen molar-refractivity contribution >= 4 is 32.6 Å². The number of rotatable bonds is 6. The molecule has 0 aromatic carbocycles. The zero-order chi connectivity index (χ0) is 12.7. The van der Waals surface area contributed by atoms with Gasteiger partial charge in [0.1, 0.15) is 12.1 Å². The summed E-state index contributed by atoms with van der Waals surface area (Å²) in [6, 6.07) is -1.54. The zero-order valence-corrected chi connectivity index (χ0v) is 10.8. The molecule has 0 fully saturated rings. The quantitative estimate of drug-likeness (QED) is 0.540. The van der Waals surface area contributed by atoms with Crippen LogP contribution in [0, 0.1) is 0 Å². The molecule has 0 saturated carbocycles. The van der Waals surface area contributed by atoms with Gasteiger partial charge in [-0.3, -0.25) is 9.59 Å². The van der Waals surface area contributed by atoms with Crippen LogP contribution >= 0.6 is 0 Å². The Hall–Kier alpha value is -0.570. The molecule has 94 valence electrons. The third-order valence-electron chi connectivity index (χ3n) is 1.74. The second kappa shape index (κ2) is 7.66. The van der Waals surface area contributed by atoms with E-state index in [4.69, 9.17) is 22.7 Å². The number of hydrogen-bond donors (Lipinski definition) is 2. The molecule has 0 amide bonds.